The maximum Gasteiger partial charge on any atom is 0.224 e. The molecular weight excluding hydrogens is 231 g/mol. The fraction of sp³-hybridized carbons (Fsp3) is 0.692. The lowest BCUT2D eigenvalue weighted by atomic mass is 9.92. The van der Waals surface area contributed by atoms with Crippen molar-refractivity contribution in [1.29, 1.82) is 0 Å². The van der Waals surface area contributed by atoms with Crippen LogP contribution < -0.4 is 10.6 Å². The standard InChI is InChI=1S/C13H21FN4/c1-4-15-12-16-7-10(14)11(18-12)17-8-13(5-6-13)9(2)3/h7,9H,4-6,8H2,1-3H3,(H2,15,16,17,18). The third-order valence-electron chi connectivity index (χ3n) is 3.80. The van der Waals surface area contributed by atoms with Crippen molar-refractivity contribution in [1.82, 2.24) is 9.97 Å². The average Bonchev–Trinajstić information content (AvgIpc) is 3.11. The molecule has 0 saturated heterocycles. The molecule has 0 spiro atoms. The van der Waals surface area contributed by atoms with E-state index in [9.17, 15) is 4.39 Å². The minimum absolute atomic E-state index is 0.299. The van der Waals surface area contributed by atoms with Crippen molar-refractivity contribution in [2.45, 2.75) is 33.6 Å². The van der Waals surface area contributed by atoms with Gasteiger partial charge in [-0.05, 0) is 31.1 Å². The Balaban J connectivity index is 2.02. The van der Waals surface area contributed by atoms with Gasteiger partial charge in [-0.25, -0.2) is 9.37 Å². The van der Waals surface area contributed by atoms with Crippen molar-refractivity contribution in [3.8, 4) is 0 Å². The van der Waals surface area contributed by atoms with E-state index < -0.39 is 5.82 Å². The summed E-state index contributed by atoms with van der Waals surface area (Å²) in [7, 11) is 0. The first-order valence-electron chi connectivity index (χ1n) is 6.57. The molecule has 0 unspecified atom stereocenters. The lowest BCUT2D eigenvalue weighted by Gasteiger charge is -2.20. The summed E-state index contributed by atoms with van der Waals surface area (Å²) in [5.74, 6) is 0.989. The van der Waals surface area contributed by atoms with Crippen LogP contribution in [0.1, 0.15) is 33.6 Å². The number of hydrogen-bond donors (Lipinski definition) is 2. The van der Waals surface area contributed by atoms with Gasteiger partial charge in [-0.1, -0.05) is 13.8 Å². The van der Waals surface area contributed by atoms with Crippen molar-refractivity contribution in [3.63, 3.8) is 0 Å². The molecule has 0 aliphatic heterocycles. The van der Waals surface area contributed by atoms with E-state index in [2.05, 4.69) is 34.4 Å². The number of nitrogens with one attached hydrogen (secondary N) is 2. The van der Waals surface area contributed by atoms with E-state index in [4.69, 9.17) is 0 Å². The molecule has 0 atom stereocenters. The molecule has 1 aliphatic rings. The zero-order valence-electron chi connectivity index (χ0n) is 11.3. The molecule has 1 saturated carbocycles. The van der Waals surface area contributed by atoms with Gasteiger partial charge < -0.3 is 10.6 Å². The van der Waals surface area contributed by atoms with Crippen LogP contribution in [0.4, 0.5) is 16.2 Å². The minimum atomic E-state index is -0.392. The predicted octanol–water partition coefficient (Wildman–Crippen LogP) is 2.90. The third-order valence-corrected chi connectivity index (χ3v) is 3.80. The molecule has 18 heavy (non-hydrogen) atoms. The van der Waals surface area contributed by atoms with Crippen LogP contribution in [0.3, 0.4) is 0 Å². The van der Waals surface area contributed by atoms with E-state index >= 15 is 0 Å². The summed E-state index contributed by atoms with van der Waals surface area (Å²) in [6.07, 6.45) is 3.64. The molecule has 0 aromatic carbocycles. The highest BCUT2D eigenvalue weighted by Gasteiger charge is 2.45. The second kappa shape index (κ2) is 5.08. The molecule has 1 aromatic heterocycles. The molecule has 1 aromatic rings. The lowest BCUT2D eigenvalue weighted by molar-refractivity contribution is 0.379. The summed E-state index contributed by atoms with van der Waals surface area (Å²) in [4.78, 5) is 8.03. The van der Waals surface area contributed by atoms with Gasteiger partial charge in [-0.3, -0.25) is 0 Å². The second-order valence-corrected chi connectivity index (χ2v) is 5.29. The molecule has 0 radical (unpaired) electrons. The van der Waals surface area contributed by atoms with Crippen LogP contribution in [0.25, 0.3) is 0 Å². The van der Waals surface area contributed by atoms with Crippen molar-refractivity contribution < 1.29 is 4.39 Å². The largest absolute Gasteiger partial charge is 0.367 e. The molecule has 0 amide bonds. The molecule has 2 rings (SSSR count). The lowest BCUT2D eigenvalue weighted by Crippen LogP contribution is -2.22. The van der Waals surface area contributed by atoms with Gasteiger partial charge in [0.15, 0.2) is 11.6 Å². The summed E-state index contributed by atoms with van der Waals surface area (Å²) in [5.41, 5.74) is 0.329. The highest BCUT2D eigenvalue weighted by Crippen LogP contribution is 2.51. The van der Waals surface area contributed by atoms with E-state index in [0.717, 1.165) is 13.1 Å². The van der Waals surface area contributed by atoms with E-state index in [1.165, 1.54) is 19.0 Å². The number of anilines is 2. The van der Waals surface area contributed by atoms with Gasteiger partial charge in [0.1, 0.15) is 0 Å². The molecule has 1 aliphatic carbocycles. The van der Waals surface area contributed by atoms with E-state index in [0.29, 0.717) is 23.1 Å². The Kier molecular flexibility index (Phi) is 3.68. The first-order valence-corrected chi connectivity index (χ1v) is 6.57. The van der Waals surface area contributed by atoms with Gasteiger partial charge in [0.2, 0.25) is 5.95 Å². The summed E-state index contributed by atoms with van der Waals surface area (Å²) < 4.78 is 13.6. The Morgan fingerprint density at radius 1 is 1.39 bits per heavy atom. The maximum atomic E-state index is 13.6. The van der Waals surface area contributed by atoms with Crippen LogP contribution in [0.2, 0.25) is 0 Å². The molecule has 5 heteroatoms. The van der Waals surface area contributed by atoms with Crippen LogP contribution in [0.5, 0.6) is 0 Å². The fourth-order valence-corrected chi connectivity index (χ4v) is 2.11. The highest BCUT2D eigenvalue weighted by molar-refractivity contribution is 5.41. The Bertz CT molecular complexity index is 415. The number of rotatable bonds is 6. The van der Waals surface area contributed by atoms with Crippen molar-refractivity contribution in [3.05, 3.63) is 12.0 Å². The average molecular weight is 252 g/mol. The Morgan fingerprint density at radius 3 is 2.67 bits per heavy atom. The minimum Gasteiger partial charge on any atom is -0.367 e. The molecular formula is C13H21FN4. The van der Waals surface area contributed by atoms with Gasteiger partial charge in [-0.15, -0.1) is 0 Å². The SMILES string of the molecule is CCNc1ncc(F)c(NCC2(C(C)C)CC2)n1. The molecule has 1 fully saturated rings. The van der Waals surface area contributed by atoms with Crippen LogP contribution in [0.15, 0.2) is 6.20 Å². The van der Waals surface area contributed by atoms with E-state index in [-0.39, 0.29) is 0 Å². The predicted molar refractivity (Wildman–Crippen MR) is 71.1 cm³/mol. The van der Waals surface area contributed by atoms with Crippen LogP contribution in [0, 0.1) is 17.2 Å². The summed E-state index contributed by atoms with van der Waals surface area (Å²) >= 11 is 0. The van der Waals surface area contributed by atoms with Crippen LogP contribution >= 0.6 is 0 Å². The van der Waals surface area contributed by atoms with Crippen LogP contribution in [-0.4, -0.2) is 23.1 Å². The number of halogens is 1. The summed E-state index contributed by atoms with van der Waals surface area (Å²) in [5, 5.41) is 6.11. The summed E-state index contributed by atoms with van der Waals surface area (Å²) in [6, 6.07) is 0. The smallest absolute Gasteiger partial charge is 0.224 e. The van der Waals surface area contributed by atoms with Crippen molar-refractivity contribution >= 4 is 11.8 Å². The Hall–Kier alpha value is -1.39. The molecule has 1 heterocycles. The molecule has 4 nitrogen and oxygen atoms in total. The Morgan fingerprint density at radius 2 is 2.11 bits per heavy atom. The maximum absolute atomic E-state index is 13.6. The van der Waals surface area contributed by atoms with Gasteiger partial charge in [0.25, 0.3) is 0 Å². The van der Waals surface area contributed by atoms with Gasteiger partial charge in [0.05, 0.1) is 6.20 Å². The zero-order chi connectivity index (χ0) is 13.2. The van der Waals surface area contributed by atoms with Gasteiger partial charge >= 0.3 is 0 Å². The van der Waals surface area contributed by atoms with Gasteiger partial charge in [-0.2, -0.15) is 4.98 Å². The van der Waals surface area contributed by atoms with Crippen molar-refractivity contribution in [2.24, 2.45) is 11.3 Å². The Labute approximate surface area is 107 Å². The number of nitrogens with zero attached hydrogens (tertiary/aromatic N) is 2. The van der Waals surface area contributed by atoms with Gasteiger partial charge in [0, 0.05) is 13.1 Å². The number of hydrogen-bond acceptors (Lipinski definition) is 4. The van der Waals surface area contributed by atoms with E-state index in [1.807, 2.05) is 6.92 Å². The molecule has 100 valence electrons. The summed E-state index contributed by atoms with van der Waals surface area (Å²) in [6.45, 7) is 7.90. The zero-order valence-corrected chi connectivity index (χ0v) is 11.3. The molecule has 0 bridgehead atoms. The monoisotopic (exact) mass is 252 g/mol. The van der Waals surface area contributed by atoms with Crippen LogP contribution in [-0.2, 0) is 0 Å². The van der Waals surface area contributed by atoms with Crippen molar-refractivity contribution in [2.75, 3.05) is 23.7 Å². The third kappa shape index (κ3) is 2.71. The second-order valence-electron chi connectivity index (χ2n) is 5.29. The fourth-order valence-electron chi connectivity index (χ4n) is 2.11. The normalized spacial score (nSPS) is 16.7. The highest BCUT2D eigenvalue weighted by atomic mass is 19.1. The van der Waals surface area contributed by atoms with E-state index in [1.54, 1.807) is 0 Å². The number of aromatic nitrogens is 2. The molecule has 2 N–H and O–H groups in total. The first kappa shape index (κ1) is 13.1. The quantitative estimate of drug-likeness (QED) is 0.817. The topological polar surface area (TPSA) is 49.8 Å². The first-order chi connectivity index (χ1) is 8.57.